The van der Waals surface area contributed by atoms with Crippen molar-refractivity contribution in [1.29, 1.82) is 0 Å². The van der Waals surface area contributed by atoms with E-state index in [-0.39, 0.29) is 17.0 Å². The lowest BCUT2D eigenvalue weighted by atomic mass is 10.1. The first-order valence-corrected chi connectivity index (χ1v) is 6.83. The van der Waals surface area contributed by atoms with E-state index in [1.165, 1.54) is 0 Å². The van der Waals surface area contributed by atoms with Crippen LogP contribution in [0.1, 0.15) is 16.1 Å². The predicted molar refractivity (Wildman–Crippen MR) is 80.2 cm³/mol. The molecule has 21 heavy (non-hydrogen) atoms. The molecule has 0 spiro atoms. The fourth-order valence-electron chi connectivity index (χ4n) is 2.10. The number of hydrogen-bond donors (Lipinski definition) is 2. The van der Waals surface area contributed by atoms with E-state index in [1.54, 1.807) is 25.1 Å². The number of para-hydroxylation sites is 1. The van der Waals surface area contributed by atoms with Gasteiger partial charge in [-0.2, -0.15) is 0 Å². The van der Waals surface area contributed by atoms with Crippen molar-refractivity contribution in [2.45, 2.75) is 6.92 Å². The quantitative estimate of drug-likeness (QED) is 0.834. The summed E-state index contributed by atoms with van der Waals surface area (Å²) in [4.78, 5) is 20.5. The van der Waals surface area contributed by atoms with Crippen LogP contribution in [0.15, 0.2) is 24.3 Å². The van der Waals surface area contributed by atoms with Crippen LogP contribution in [-0.2, 0) is 0 Å². The van der Waals surface area contributed by atoms with Gasteiger partial charge in [0.2, 0.25) is 5.95 Å². The highest BCUT2D eigenvalue weighted by Gasteiger charge is 2.19. The van der Waals surface area contributed by atoms with Crippen molar-refractivity contribution in [3.8, 4) is 5.75 Å². The molecule has 1 amide bonds. The zero-order valence-electron chi connectivity index (χ0n) is 11.3. The van der Waals surface area contributed by atoms with Crippen molar-refractivity contribution in [3.05, 3.63) is 40.7 Å². The molecule has 1 aliphatic rings. The van der Waals surface area contributed by atoms with Crippen molar-refractivity contribution in [2.24, 2.45) is 0 Å². The summed E-state index contributed by atoms with van der Waals surface area (Å²) in [6.07, 6.45) is 0. The summed E-state index contributed by atoms with van der Waals surface area (Å²) in [5.41, 5.74) is 1.91. The van der Waals surface area contributed by atoms with E-state index >= 15 is 0 Å². The Morgan fingerprint density at radius 3 is 3.10 bits per heavy atom. The standard InChI is InChI=1S/C14H13ClN4O2/c1-8-7-11(15)18-14(17-8)19-13(20)9-3-2-4-10-12(9)21-6-5-16-10/h2-4,7,16H,5-6H2,1H3,(H,17,18,19,20). The maximum Gasteiger partial charge on any atom is 0.261 e. The van der Waals surface area contributed by atoms with Gasteiger partial charge in [0.1, 0.15) is 11.8 Å². The first kappa shape index (κ1) is 13.6. The minimum atomic E-state index is -0.336. The summed E-state index contributed by atoms with van der Waals surface area (Å²) in [5, 5.41) is 6.10. The smallest absolute Gasteiger partial charge is 0.261 e. The van der Waals surface area contributed by atoms with Gasteiger partial charge in [-0.15, -0.1) is 0 Å². The minimum Gasteiger partial charge on any atom is -0.489 e. The van der Waals surface area contributed by atoms with Crippen molar-refractivity contribution in [1.82, 2.24) is 9.97 Å². The fraction of sp³-hybridized carbons (Fsp3) is 0.214. The second-order valence-corrected chi connectivity index (χ2v) is 4.95. The Balaban J connectivity index is 1.89. The summed E-state index contributed by atoms with van der Waals surface area (Å²) in [6.45, 7) is 3.01. The number of ether oxygens (including phenoxy) is 1. The zero-order chi connectivity index (χ0) is 14.8. The third kappa shape index (κ3) is 2.90. The fourth-order valence-corrected chi connectivity index (χ4v) is 2.34. The van der Waals surface area contributed by atoms with Crippen LogP contribution in [0.4, 0.5) is 11.6 Å². The molecule has 0 saturated carbocycles. The number of hydrogen-bond acceptors (Lipinski definition) is 5. The highest BCUT2D eigenvalue weighted by atomic mass is 35.5. The van der Waals surface area contributed by atoms with Gasteiger partial charge in [0.15, 0.2) is 5.75 Å². The van der Waals surface area contributed by atoms with Gasteiger partial charge in [-0.1, -0.05) is 17.7 Å². The Bertz CT molecular complexity index is 685. The molecule has 1 aliphatic heterocycles. The van der Waals surface area contributed by atoms with Crippen LogP contribution < -0.4 is 15.4 Å². The highest BCUT2D eigenvalue weighted by molar-refractivity contribution is 6.29. The molecule has 0 fully saturated rings. The first-order chi connectivity index (χ1) is 10.1. The van der Waals surface area contributed by atoms with E-state index in [0.717, 1.165) is 5.69 Å². The highest BCUT2D eigenvalue weighted by Crippen LogP contribution is 2.31. The molecule has 6 nitrogen and oxygen atoms in total. The number of halogens is 1. The monoisotopic (exact) mass is 304 g/mol. The summed E-state index contributed by atoms with van der Waals surface area (Å²) >= 11 is 5.86. The molecule has 2 aromatic rings. The van der Waals surface area contributed by atoms with Gasteiger partial charge in [0.25, 0.3) is 5.91 Å². The van der Waals surface area contributed by atoms with Crippen LogP contribution in [0.25, 0.3) is 0 Å². The number of nitrogens with zero attached hydrogens (tertiary/aromatic N) is 2. The molecule has 2 N–H and O–H groups in total. The average Bonchev–Trinajstić information content (AvgIpc) is 2.45. The molecule has 0 bridgehead atoms. The first-order valence-electron chi connectivity index (χ1n) is 6.46. The third-order valence-corrected chi connectivity index (χ3v) is 3.17. The molecule has 108 valence electrons. The van der Waals surface area contributed by atoms with Gasteiger partial charge in [0, 0.05) is 12.2 Å². The molecule has 0 aliphatic carbocycles. The molecular formula is C14H13ClN4O2. The summed E-state index contributed by atoms with van der Waals surface area (Å²) < 4.78 is 5.57. The molecule has 0 atom stereocenters. The normalized spacial score (nSPS) is 12.9. The lowest BCUT2D eigenvalue weighted by molar-refractivity contribution is 0.102. The van der Waals surface area contributed by atoms with Gasteiger partial charge in [0.05, 0.1) is 11.3 Å². The minimum absolute atomic E-state index is 0.173. The molecule has 0 radical (unpaired) electrons. The molecule has 0 unspecified atom stereocenters. The average molecular weight is 305 g/mol. The van der Waals surface area contributed by atoms with Crippen molar-refractivity contribution in [2.75, 3.05) is 23.8 Å². The van der Waals surface area contributed by atoms with E-state index in [9.17, 15) is 4.79 Å². The van der Waals surface area contributed by atoms with E-state index in [4.69, 9.17) is 16.3 Å². The number of carbonyl (C=O) groups is 1. The summed E-state index contributed by atoms with van der Waals surface area (Å²) in [5.74, 6) is 0.378. The number of carbonyl (C=O) groups excluding carboxylic acids is 1. The van der Waals surface area contributed by atoms with Gasteiger partial charge in [-0.05, 0) is 25.1 Å². The number of amides is 1. The Kier molecular flexibility index (Phi) is 3.62. The summed E-state index contributed by atoms with van der Waals surface area (Å²) in [6, 6.07) is 6.97. The van der Waals surface area contributed by atoms with E-state index in [0.29, 0.717) is 30.2 Å². The number of anilines is 2. The second kappa shape index (κ2) is 5.57. The maximum atomic E-state index is 12.4. The van der Waals surface area contributed by atoms with Crippen LogP contribution in [-0.4, -0.2) is 29.0 Å². The zero-order valence-corrected chi connectivity index (χ0v) is 12.1. The molecule has 2 heterocycles. The van der Waals surface area contributed by atoms with Gasteiger partial charge in [-0.3, -0.25) is 10.1 Å². The van der Waals surface area contributed by atoms with E-state index in [1.807, 2.05) is 6.07 Å². The lowest BCUT2D eigenvalue weighted by Gasteiger charge is -2.21. The number of nitrogens with one attached hydrogen (secondary N) is 2. The van der Waals surface area contributed by atoms with Gasteiger partial charge >= 0.3 is 0 Å². The van der Waals surface area contributed by atoms with E-state index in [2.05, 4.69) is 20.6 Å². The number of aryl methyl sites for hydroxylation is 1. The van der Waals surface area contributed by atoms with Crippen LogP contribution in [0.5, 0.6) is 5.75 Å². The number of benzene rings is 1. The molecule has 7 heteroatoms. The van der Waals surface area contributed by atoms with Crippen LogP contribution in [0.2, 0.25) is 5.15 Å². The SMILES string of the molecule is Cc1cc(Cl)nc(NC(=O)c2cccc3c2OCCN3)n1. The lowest BCUT2D eigenvalue weighted by Crippen LogP contribution is -2.22. The molecule has 1 aromatic heterocycles. The van der Waals surface area contributed by atoms with E-state index < -0.39 is 0 Å². The number of aromatic nitrogens is 2. The Hall–Kier alpha value is -2.34. The maximum absolute atomic E-state index is 12.4. The van der Waals surface area contributed by atoms with Crippen molar-refractivity contribution < 1.29 is 9.53 Å². The third-order valence-electron chi connectivity index (χ3n) is 2.97. The number of fused-ring (bicyclic) bond motifs is 1. The summed E-state index contributed by atoms with van der Waals surface area (Å²) in [7, 11) is 0. The van der Waals surface area contributed by atoms with Crippen LogP contribution in [0, 0.1) is 6.92 Å². The Morgan fingerprint density at radius 1 is 1.43 bits per heavy atom. The predicted octanol–water partition coefficient (Wildman–Crippen LogP) is 2.50. The molecular weight excluding hydrogens is 292 g/mol. The molecule has 0 saturated heterocycles. The van der Waals surface area contributed by atoms with Crippen LogP contribution in [0.3, 0.4) is 0 Å². The van der Waals surface area contributed by atoms with Gasteiger partial charge < -0.3 is 10.1 Å². The van der Waals surface area contributed by atoms with Gasteiger partial charge in [-0.25, -0.2) is 9.97 Å². The Labute approximate surface area is 126 Å². The molecule has 3 rings (SSSR count). The largest absolute Gasteiger partial charge is 0.489 e. The van der Waals surface area contributed by atoms with Crippen molar-refractivity contribution >= 4 is 29.1 Å². The molecule has 1 aromatic carbocycles. The topological polar surface area (TPSA) is 76.1 Å². The number of rotatable bonds is 2. The Morgan fingerprint density at radius 2 is 2.29 bits per heavy atom. The van der Waals surface area contributed by atoms with Crippen LogP contribution >= 0.6 is 11.6 Å². The second-order valence-electron chi connectivity index (χ2n) is 4.57. The van der Waals surface area contributed by atoms with Crippen molar-refractivity contribution in [3.63, 3.8) is 0 Å².